The van der Waals surface area contributed by atoms with Crippen LogP contribution in [0.25, 0.3) is 5.69 Å². The number of hydrogen-bond donors (Lipinski definition) is 0. The summed E-state index contributed by atoms with van der Waals surface area (Å²) in [5.74, 6) is -0.139. The highest BCUT2D eigenvalue weighted by Crippen LogP contribution is 2.24. The van der Waals surface area contributed by atoms with Crippen molar-refractivity contribution in [1.82, 2.24) is 19.7 Å². The van der Waals surface area contributed by atoms with E-state index in [0.29, 0.717) is 18.2 Å². The first kappa shape index (κ1) is 19.5. The van der Waals surface area contributed by atoms with Crippen molar-refractivity contribution in [3.05, 3.63) is 72.1 Å². The molecule has 0 bridgehead atoms. The Kier molecular flexibility index (Phi) is 6.14. The molecule has 29 heavy (non-hydrogen) atoms. The summed E-state index contributed by atoms with van der Waals surface area (Å²) >= 11 is 0. The molecule has 0 saturated carbocycles. The molecule has 1 aliphatic heterocycles. The van der Waals surface area contributed by atoms with E-state index >= 15 is 0 Å². The molecule has 2 heterocycles. The molecular formula is C22H24F2N4O. The molecule has 4 rings (SSSR count). The molecule has 0 radical (unpaired) electrons. The van der Waals surface area contributed by atoms with E-state index in [2.05, 4.69) is 39.2 Å². The second-order valence-corrected chi connectivity index (χ2v) is 7.32. The summed E-state index contributed by atoms with van der Waals surface area (Å²) in [4.78, 5) is 6.35. The molecule has 0 atom stereocenters. The molecule has 5 nitrogen and oxygen atoms in total. The summed E-state index contributed by atoms with van der Waals surface area (Å²) in [5.41, 5.74) is 1.97. The van der Waals surface area contributed by atoms with E-state index in [9.17, 15) is 8.78 Å². The summed E-state index contributed by atoms with van der Waals surface area (Å²) < 4.78 is 33.4. The number of alkyl halides is 2. The van der Waals surface area contributed by atoms with Crippen molar-refractivity contribution in [2.24, 2.45) is 5.92 Å². The minimum absolute atomic E-state index is 0.123. The minimum Gasteiger partial charge on any atom is -0.463 e. The Balaban J connectivity index is 1.35. The van der Waals surface area contributed by atoms with Crippen LogP contribution in [0.1, 0.15) is 30.7 Å². The van der Waals surface area contributed by atoms with Crippen LogP contribution in [0.15, 0.2) is 60.7 Å². The third kappa shape index (κ3) is 4.98. The lowest BCUT2D eigenvalue weighted by atomic mass is 9.97. The molecule has 1 aromatic heterocycles. The fourth-order valence-corrected chi connectivity index (χ4v) is 3.58. The first-order valence-electron chi connectivity index (χ1n) is 9.88. The van der Waals surface area contributed by atoms with E-state index in [1.165, 1.54) is 10.2 Å². The number of ether oxygens (including phenoxy) is 1. The predicted molar refractivity (Wildman–Crippen MR) is 106 cm³/mol. The topological polar surface area (TPSA) is 43.2 Å². The average molecular weight is 398 g/mol. The van der Waals surface area contributed by atoms with Gasteiger partial charge in [0.25, 0.3) is 6.43 Å². The Bertz CT molecular complexity index is 894. The third-order valence-corrected chi connectivity index (χ3v) is 5.19. The molecule has 0 N–H and O–H groups in total. The maximum absolute atomic E-state index is 13.1. The largest absolute Gasteiger partial charge is 0.463 e. The molecule has 1 fully saturated rings. The van der Waals surface area contributed by atoms with Gasteiger partial charge in [-0.2, -0.15) is 9.67 Å². The van der Waals surface area contributed by atoms with Crippen LogP contribution in [0.2, 0.25) is 0 Å². The molecule has 3 aromatic rings. The zero-order valence-corrected chi connectivity index (χ0v) is 16.1. The highest BCUT2D eigenvalue weighted by molar-refractivity contribution is 5.32. The number of likely N-dealkylation sites (tertiary alicyclic amines) is 1. The second-order valence-electron chi connectivity index (χ2n) is 7.32. The maximum Gasteiger partial charge on any atom is 0.320 e. The van der Waals surface area contributed by atoms with Gasteiger partial charge in [-0.1, -0.05) is 48.5 Å². The van der Waals surface area contributed by atoms with Gasteiger partial charge in [0.2, 0.25) is 5.82 Å². The fourth-order valence-electron chi connectivity index (χ4n) is 3.58. The standard InChI is InChI=1S/C22H24F2N4O/c23-20(24)21-25-22(28(26-21)19-9-5-2-6-10-19)29-16-18-11-13-27(14-12-18)15-17-7-3-1-4-8-17/h1-10,18,20H,11-16H2. The summed E-state index contributed by atoms with van der Waals surface area (Å²) in [5, 5.41) is 3.92. The zero-order chi connectivity index (χ0) is 20.1. The van der Waals surface area contributed by atoms with Crippen LogP contribution < -0.4 is 4.74 Å². The fraction of sp³-hybridized carbons (Fsp3) is 0.364. The van der Waals surface area contributed by atoms with E-state index in [1.54, 1.807) is 12.1 Å². The smallest absolute Gasteiger partial charge is 0.320 e. The maximum atomic E-state index is 13.1. The van der Waals surface area contributed by atoms with Gasteiger partial charge in [0.05, 0.1) is 12.3 Å². The van der Waals surface area contributed by atoms with Crippen LogP contribution in [0.3, 0.4) is 0 Å². The van der Waals surface area contributed by atoms with Crippen LogP contribution in [0.4, 0.5) is 8.78 Å². The van der Waals surface area contributed by atoms with E-state index in [-0.39, 0.29) is 6.01 Å². The van der Waals surface area contributed by atoms with Crippen molar-refractivity contribution in [1.29, 1.82) is 0 Å². The molecule has 0 aliphatic carbocycles. The SMILES string of the molecule is FC(F)c1nc(OCC2CCN(Cc3ccccc3)CC2)n(-c2ccccc2)n1. The summed E-state index contributed by atoms with van der Waals surface area (Å²) in [6.07, 6.45) is -0.717. The number of aromatic nitrogens is 3. The van der Waals surface area contributed by atoms with Crippen LogP contribution in [0, 0.1) is 5.92 Å². The number of rotatable bonds is 7. The van der Waals surface area contributed by atoms with Crippen molar-refractivity contribution in [3.8, 4) is 11.7 Å². The first-order valence-corrected chi connectivity index (χ1v) is 9.88. The number of benzene rings is 2. The Morgan fingerprint density at radius 1 is 0.966 bits per heavy atom. The van der Waals surface area contributed by atoms with Crippen molar-refractivity contribution < 1.29 is 13.5 Å². The Hall–Kier alpha value is -2.80. The highest BCUT2D eigenvalue weighted by Gasteiger charge is 2.23. The average Bonchev–Trinajstić information content (AvgIpc) is 3.19. The normalized spacial score (nSPS) is 15.7. The lowest BCUT2D eigenvalue weighted by Crippen LogP contribution is -2.35. The number of piperidine rings is 1. The van der Waals surface area contributed by atoms with E-state index in [0.717, 1.165) is 32.5 Å². The Morgan fingerprint density at radius 3 is 2.28 bits per heavy atom. The number of para-hydroxylation sites is 1. The third-order valence-electron chi connectivity index (χ3n) is 5.19. The molecule has 0 unspecified atom stereocenters. The van der Waals surface area contributed by atoms with E-state index in [1.807, 2.05) is 24.3 Å². The predicted octanol–water partition coefficient (Wildman–Crippen LogP) is 4.50. The van der Waals surface area contributed by atoms with Gasteiger partial charge in [-0.15, -0.1) is 5.10 Å². The Morgan fingerprint density at radius 2 is 1.62 bits per heavy atom. The van der Waals surface area contributed by atoms with Gasteiger partial charge in [0.1, 0.15) is 0 Å². The van der Waals surface area contributed by atoms with Crippen molar-refractivity contribution in [3.63, 3.8) is 0 Å². The molecule has 0 amide bonds. The Labute approximate surface area is 168 Å². The first-order chi connectivity index (χ1) is 14.2. The molecular weight excluding hydrogens is 374 g/mol. The van der Waals surface area contributed by atoms with E-state index in [4.69, 9.17) is 4.74 Å². The monoisotopic (exact) mass is 398 g/mol. The van der Waals surface area contributed by atoms with Crippen LogP contribution in [0.5, 0.6) is 6.01 Å². The van der Waals surface area contributed by atoms with Gasteiger partial charge < -0.3 is 4.74 Å². The van der Waals surface area contributed by atoms with Gasteiger partial charge in [0, 0.05) is 6.54 Å². The van der Waals surface area contributed by atoms with Crippen molar-refractivity contribution in [2.75, 3.05) is 19.7 Å². The lowest BCUT2D eigenvalue weighted by Gasteiger charge is -2.31. The number of halogens is 2. The summed E-state index contributed by atoms with van der Waals surface area (Å²) in [7, 11) is 0. The van der Waals surface area contributed by atoms with Crippen molar-refractivity contribution >= 4 is 0 Å². The summed E-state index contributed by atoms with van der Waals surface area (Å²) in [6.45, 7) is 3.40. The highest BCUT2D eigenvalue weighted by atomic mass is 19.3. The number of nitrogens with zero attached hydrogens (tertiary/aromatic N) is 4. The van der Waals surface area contributed by atoms with Gasteiger partial charge in [0.15, 0.2) is 0 Å². The lowest BCUT2D eigenvalue weighted by molar-refractivity contribution is 0.129. The minimum atomic E-state index is -2.73. The van der Waals surface area contributed by atoms with Gasteiger partial charge in [-0.3, -0.25) is 4.90 Å². The van der Waals surface area contributed by atoms with Crippen LogP contribution >= 0.6 is 0 Å². The summed E-state index contributed by atoms with van der Waals surface area (Å²) in [6, 6.07) is 19.7. The quantitative estimate of drug-likeness (QED) is 0.588. The molecule has 2 aromatic carbocycles. The molecule has 1 aliphatic rings. The van der Waals surface area contributed by atoms with Crippen LogP contribution in [-0.4, -0.2) is 39.4 Å². The van der Waals surface area contributed by atoms with Gasteiger partial charge >= 0.3 is 6.01 Å². The van der Waals surface area contributed by atoms with Crippen LogP contribution in [-0.2, 0) is 6.54 Å². The van der Waals surface area contributed by atoms with Gasteiger partial charge in [-0.25, -0.2) is 8.78 Å². The molecule has 1 saturated heterocycles. The van der Waals surface area contributed by atoms with E-state index < -0.39 is 12.2 Å². The number of hydrogen-bond acceptors (Lipinski definition) is 4. The molecule has 0 spiro atoms. The zero-order valence-electron chi connectivity index (χ0n) is 16.1. The second kappa shape index (κ2) is 9.13. The molecule has 7 heteroatoms. The van der Waals surface area contributed by atoms with Gasteiger partial charge in [-0.05, 0) is 49.5 Å². The molecule has 152 valence electrons. The van der Waals surface area contributed by atoms with Crippen molar-refractivity contribution in [2.45, 2.75) is 25.8 Å².